The number of halogens is 2. The van der Waals surface area contributed by atoms with Crippen LogP contribution in [0.4, 0.5) is 14.6 Å². The van der Waals surface area contributed by atoms with Crippen LogP contribution in [0.1, 0.15) is 48.7 Å². The lowest BCUT2D eigenvalue weighted by Gasteiger charge is -2.38. The van der Waals surface area contributed by atoms with Crippen molar-refractivity contribution in [3.8, 4) is 0 Å². The predicted octanol–water partition coefficient (Wildman–Crippen LogP) is 2.93. The van der Waals surface area contributed by atoms with E-state index in [9.17, 15) is 18.4 Å². The molecule has 2 aliphatic rings. The molecule has 0 spiro atoms. The van der Waals surface area contributed by atoms with Crippen LogP contribution in [0, 0.1) is 11.6 Å². The third kappa shape index (κ3) is 3.76. The molecule has 2 N–H and O–H groups in total. The Bertz CT molecular complexity index is 1300. The lowest BCUT2D eigenvalue weighted by molar-refractivity contribution is -0.135. The molecule has 3 aromatic rings. The van der Waals surface area contributed by atoms with Crippen molar-refractivity contribution in [2.24, 2.45) is 0 Å². The van der Waals surface area contributed by atoms with Gasteiger partial charge in [-0.2, -0.15) is 5.10 Å². The molecular weight excluding hydrogens is 442 g/mol. The summed E-state index contributed by atoms with van der Waals surface area (Å²) in [6.45, 7) is 5.24. The first-order valence-electron chi connectivity index (χ1n) is 11.3. The van der Waals surface area contributed by atoms with Gasteiger partial charge in [0, 0.05) is 55.0 Å². The van der Waals surface area contributed by atoms with Gasteiger partial charge in [-0.05, 0) is 38.8 Å². The lowest BCUT2D eigenvalue weighted by Crippen LogP contribution is -2.48. The second-order valence-corrected chi connectivity index (χ2v) is 9.66. The number of hydrogen-bond acceptors (Lipinski definition) is 5. The van der Waals surface area contributed by atoms with E-state index >= 15 is 0 Å². The summed E-state index contributed by atoms with van der Waals surface area (Å²) in [6.07, 6.45) is 3.29. The highest BCUT2D eigenvalue weighted by Crippen LogP contribution is 2.35. The van der Waals surface area contributed by atoms with Crippen molar-refractivity contribution in [1.29, 1.82) is 0 Å². The van der Waals surface area contributed by atoms with Gasteiger partial charge in [-0.15, -0.1) is 0 Å². The van der Waals surface area contributed by atoms with Crippen molar-refractivity contribution >= 4 is 28.5 Å². The zero-order chi connectivity index (χ0) is 24.2. The minimum absolute atomic E-state index is 0.103. The van der Waals surface area contributed by atoms with Crippen LogP contribution in [-0.2, 0) is 11.3 Å². The van der Waals surface area contributed by atoms with Gasteiger partial charge in [-0.25, -0.2) is 13.8 Å². The van der Waals surface area contributed by atoms with Gasteiger partial charge in [-0.1, -0.05) is 0 Å². The Labute approximate surface area is 195 Å². The number of carbonyl (C=O) groups excluding carboxylic acids is 2. The predicted molar refractivity (Wildman–Crippen MR) is 122 cm³/mol. The zero-order valence-corrected chi connectivity index (χ0v) is 19.1. The van der Waals surface area contributed by atoms with E-state index in [1.165, 1.54) is 23.0 Å². The van der Waals surface area contributed by atoms with Crippen LogP contribution < -0.4 is 5.73 Å². The number of aromatic nitrogens is 3. The first kappa shape index (κ1) is 22.2. The fourth-order valence-electron chi connectivity index (χ4n) is 5.02. The van der Waals surface area contributed by atoms with Crippen molar-refractivity contribution < 1.29 is 18.4 Å². The Kier molecular flexibility index (Phi) is 5.26. The maximum absolute atomic E-state index is 14.9. The molecule has 0 aliphatic carbocycles. The molecule has 2 saturated heterocycles. The van der Waals surface area contributed by atoms with Crippen molar-refractivity contribution in [3.63, 3.8) is 0 Å². The molecule has 2 aliphatic heterocycles. The van der Waals surface area contributed by atoms with E-state index in [1.54, 1.807) is 15.9 Å². The number of nitrogen functional groups attached to an aromatic ring is 1. The molecule has 0 bridgehead atoms. The number of nitrogens with two attached hydrogens (primary N) is 1. The van der Waals surface area contributed by atoms with E-state index in [-0.39, 0.29) is 46.5 Å². The van der Waals surface area contributed by atoms with Gasteiger partial charge in [-0.3, -0.25) is 14.3 Å². The van der Waals surface area contributed by atoms with E-state index in [4.69, 9.17) is 5.73 Å². The number of benzene rings is 1. The van der Waals surface area contributed by atoms with E-state index in [0.29, 0.717) is 30.9 Å². The van der Waals surface area contributed by atoms with Crippen LogP contribution in [-0.4, -0.2) is 61.6 Å². The van der Waals surface area contributed by atoms with E-state index in [1.807, 2.05) is 13.8 Å². The summed E-state index contributed by atoms with van der Waals surface area (Å²) >= 11 is 0. The molecule has 2 aromatic heterocycles. The fourth-order valence-corrected chi connectivity index (χ4v) is 5.02. The summed E-state index contributed by atoms with van der Waals surface area (Å²) in [5.74, 6) is -1.77. The maximum Gasteiger partial charge on any atom is 0.254 e. The molecule has 0 atom stereocenters. The second kappa shape index (κ2) is 8.03. The minimum atomic E-state index is -0.729. The first-order chi connectivity index (χ1) is 16.1. The number of likely N-dealkylation sites (tertiary alicyclic amines) is 2. The number of rotatable bonds is 4. The third-order valence-corrected chi connectivity index (χ3v) is 6.87. The zero-order valence-electron chi connectivity index (χ0n) is 19.1. The molecule has 0 radical (unpaired) electrons. The van der Waals surface area contributed by atoms with Crippen molar-refractivity contribution in [2.45, 2.75) is 44.7 Å². The molecule has 1 aromatic carbocycles. The van der Waals surface area contributed by atoms with E-state index < -0.39 is 11.6 Å². The molecule has 34 heavy (non-hydrogen) atoms. The Morgan fingerprint density at radius 1 is 1.21 bits per heavy atom. The molecule has 2 fully saturated rings. The average molecular weight is 469 g/mol. The van der Waals surface area contributed by atoms with Gasteiger partial charge in [0.15, 0.2) is 0 Å². The quantitative estimate of drug-likeness (QED) is 0.635. The smallest absolute Gasteiger partial charge is 0.254 e. The molecular formula is C24H26F2N6O2. The van der Waals surface area contributed by atoms with Crippen LogP contribution in [0.5, 0.6) is 0 Å². The summed E-state index contributed by atoms with van der Waals surface area (Å²) in [5, 5.41) is 4.74. The van der Waals surface area contributed by atoms with Gasteiger partial charge in [0.1, 0.15) is 24.0 Å². The summed E-state index contributed by atoms with van der Waals surface area (Å²) < 4.78 is 30.4. The molecule has 0 unspecified atom stereocenters. The first-order valence-corrected chi connectivity index (χ1v) is 11.3. The monoisotopic (exact) mass is 468 g/mol. The van der Waals surface area contributed by atoms with E-state index in [2.05, 4.69) is 10.1 Å². The number of pyridine rings is 1. The number of carbonyl (C=O) groups is 2. The molecule has 0 saturated carbocycles. The van der Waals surface area contributed by atoms with Crippen LogP contribution in [0.3, 0.4) is 0 Å². The maximum atomic E-state index is 14.9. The highest BCUT2D eigenvalue weighted by molar-refractivity contribution is 5.95. The summed E-state index contributed by atoms with van der Waals surface area (Å²) in [5.41, 5.74) is 6.51. The minimum Gasteiger partial charge on any atom is -0.384 e. The van der Waals surface area contributed by atoms with Crippen molar-refractivity contribution in [1.82, 2.24) is 24.6 Å². The molecule has 5 rings (SSSR count). The van der Waals surface area contributed by atoms with Gasteiger partial charge in [0.2, 0.25) is 5.91 Å². The molecule has 2 amide bonds. The van der Waals surface area contributed by atoms with Crippen LogP contribution in [0.25, 0.3) is 10.9 Å². The number of hydrogen-bond donors (Lipinski definition) is 1. The highest BCUT2D eigenvalue weighted by atomic mass is 19.1. The van der Waals surface area contributed by atoms with Gasteiger partial charge in [0.25, 0.3) is 5.91 Å². The van der Waals surface area contributed by atoms with Crippen molar-refractivity contribution in [3.05, 3.63) is 53.4 Å². The Hall–Kier alpha value is -3.56. The molecule has 4 heterocycles. The van der Waals surface area contributed by atoms with Gasteiger partial charge >= 0.3 is 0 Å². The number of amides is 2. The van der Waals surface area contributed by atoms with Crippen molar-refractivity contribution in [2.75, 3.05) is 25.4 Å². The Morgan fingerprint density at radius 2 is 1.97 bits per heavy atom. The van der Waals surface area contributed by atoms with E-state index in [0.717, 1.165) is 18.9 Å². The summed E-state index contributed by atoms with van der Waals surface area (Å²) in [6, 6.07) is 5.13. The average Bonchev–Trinajstić information content (AvgIpc) is 3.26. The molecule has 178 valence electrons. The fraction of sp³-hybridized carbons (Fsp3) is 0.417. The molecule has 10 heteroatoms. The van der Waals surface area contributed by atoms with Crippen LogP contribution in [0.15, 0.2) is 30.5 Å². The normalized spacial score (nSPS) is 17.9. The largest absolute Gasteiger partial charge is 0.384 e. The lowest BCUT2D eigenvalue weighted by atomic mass is 9.93. The number of fused-ring (bicyclic) bond motifs is 1. The topological polar surface area (TPSA) is 97.4 Å². The second-order valence-electron chi connectivity index (χ2n) is 9.66. The number of anilines is 1. The van der Waals surface area contributed by atoms with Crippen LogP contribution >= 0.6 is 0 Å². The Morgan fingerprint density at radius 3 is 2.65 bits per heavy atom. The highest BCUT2D eigenvalue weighted by Gasteiger charge is 2.38. The van der Waals surface area contributed by atoms with Crippen LogP contribution in [0.2, 0.25) is 0 Å². The standard InChI is InChI=1S/C24H26F2N6O2/c1-24(2)5-3-7-31(24)20(33)13-32-18-10-16(25)9-17(26)21(18)22(29-32)15-11-30(12-15)23(34)14-4-6-28-19(27)8-14/h4,6,8-10,15H,3,5,7,11-13H2,1-2H3,(H2,27,28). The number of nitrogens with zero attached hydrogens (tertiary/aromatic N) is 5. The van der Waals surface area contributed by atoms with Gasteiger partial charge in [0.05, 0.1) is 16.6 Å². The van der Waals surface area contributed by atoms with Gasteiger partial charge < -0.3 is 15.5 Å². The SMILES string of the molecule is CC1(C)CCCN1C(=O)Cn1nc(C2CN(C(=O)c3ccnc(N)c3)C2)c2c(F)cc(F)cc21. The Balaban J connectivity index is 1.41. The summed E-state index contributed by atoms with van der Waals surface area (Å²) in [7, 11) is 0. The molecule has 8 nitrogen and oxygen atoms in total. The summed E-state index contributed by atoms with van der Waals surface area (Å²) in [4.78, 5) is 33.1. The third-order valence-electron chi connectivity index (χ3n) is 6.87.